The highest BCUT2D eigenvalue weighted by Gasteiger charge is 2.21. The molecule has 0 aliphatic rings. The lowest BCUT2D eigenvalue weighted by Gasteiger charge is -2.19. The molecule has 0 heterocycles. The highest BCUT2D eigenvalue weighted by molar-refractivity contribution is 6.77. The monoisotopic (exact) mass is 282 g/mol. The van der Waals surface area contributed by atoms with E-state index in [9.17, 15) is 9.90 Å². The summed E-state index contributed by atoms with van der Waals surface area (Å²) in [4.78, 5) is 11.4. The van der Waals surface area contributed by atoms with E-state index in [1.807, 2.05) is 12.1 Å². The summed E-state index contributed by atoms with van der Waals surface area (Å²) in [5.41, 5.74) is 2.49. The first-order chi connectivity index (χ1) is 8.13. The third-order valence-electron chi connectivity index (χ3n) is 2.67. The average molecular weight is 283 g/mol. The molecule has 0 saturated carbocycles. The normalized spacial score (nSPS) is 11.4. The third kappa shape index (κ3) is 3.46. The molecule has 0 aromatic heterocycles. The molecule has 1 aromatic carbocycles. The molecule has 18 heavy (non-hydrogen) atoms. The highest BCUT2D eigenvalue weighted by atomic mass is 35.5. The molecule has 0 atom stereocenters. The van der Waals surface area contributed by atoms with Crippen LogP contribution in [0.2, 0.25) is 30.7 Å². The molecule has 0 aliphatic carbocycles. The van der Waals surface area contributed by atoms with E-state index in [1.165, 1.54) is 0 Å². The van der Waals surface area contributed by atoms with Crippen molar-refractivity contribution in [3.63, 3.8) is 0 Å². The maximum absolute atomic E-state index is 11.4. The zero-order valence-electron chi connectivity index (χ0n) is 11.3. The number of allylic oxidation sites excluding steroid dienone is 1. The fourth-order valence-electron chi connectivity index (χ4n) is 1.92. The Bertz CT molecular complexity index is 501. The number of carbonyl (C=O) groups is 1. The van der Waals surface area contributed by atoms with Crippen LogP contribution < -0.4 is 0 Å². The van der Waals surface area contributed by atoms with E-state index in [0.717, 1.165) is 17.2 Å². The summed E-state index contributed by atoms with van der Waals surface area (Å²) in [6.45, 7) is 12.5. The first-order valence-electron chi connectivity index (χ1n) is 5.84. The number of hydrogen-bond donors (Lipinski definition) is 1. The van der Waals surface area contributed by atoms with Crippen LogP contribution in [0.25, 0.3) is 5.57 Å². The Hall–Kier alpha value is -1.06. The molecule has 1 N–H and O–H groups in total. The van der Waals surface area contributed by atoms with Crippen molar-refractivity contribution in [1.82, 2.24) is 0 Å². The minimum Gasteiger partial charge on any atom is -0.478 e. The second kappa shape index (κ2) is 5.29. The van der Waals surface area contributed by atoms with Gasteiger partial charge in [0.05, 0.1) is 10.6 Å². The van der Waals surface area contributed by atoms with Crippen LogP contribution in [0, 0.1) is 6.92 Å². The molecule has 0 spiro atoms. The van der Waals surface area contributed by atoms with E-state index in [0.29, 0.717) is 10.6 Å². The third-order valence-corrected chi connectivity index (χ3v) is 4.65. The Morgan fingerprint density at radius 1 is 1.39 bits per heavy atom. The van der Waals surface area contributed by atoms with Crippen LogP contribution in [0.1, 0.15) is 21.5 Å². The Balaban J connectivity index is 3.29. The highest BCUT2D eigenvalue weighted by Crippen LogP contribution is 2.32. The number of carboxylic acid groups (broad SMARTS) is 1. The van der Waals surface area contributed by atoms with Crippen LogP contribution >= 0.6 is 11.6 Å². The van der Waals surface area contributed by atoms with Crippen LogP contribution in [0.3, 0.4) is 0 Å². The van der Waals surface area contributed by atoms with E-state index < -0.39 is 14.0 Å². The summed E-state index contributed by atoms with van der Waals surface area (Å²) in [6.07, 6.45) is 0. The fraction of sp³-hybridized carbons (Fsp3) is 0.357. The molecule has 2 nitrogen and oxygen atoms in total. The van der Waals surface area contributed by atoms with Gasteiger partial charge < -0.3 is 5.11 Å². The molecule has 0 saturated heterocycles. The van der Waals surface area contributed by atoms with Gasteiger partial charge in [-0.05, 0) is 29.7 Å². The van der Waals surface area contributed by atoms with Gasteiger partial charge in [-0.1, -0.05) is 50.0 Å². The van der Waals surface area contributed by atoms with Crippen molar-refractivity contribution in [2.24, 2.45) is 0 Å². The first kappa shape index (κ1) is 15.0. The van der Waals surface area contributed by atoms with Gasteiger partial charge >= 0.3 is 5.97 Å². The molecule has 98 valence electrons. The van der Waals surface area contributed by atoms with Crippen molar-refractivity contribution in [1.29, 1.82) is 0 Å². The number of aromatic carboxylic acids is 1. The summed E-state index contributed by atoms with van der Waals surface area (Å²) in [6, 6.07) is 4.53. The predicted octanol–water partition coefficient (Wildman–Crippen LogP) is 4.70. The lowest BCUT2D eigenvalue weighted by atomic mass is 9.99. The topological polar surface area (TPSA) is 37.3 Å². The molecule has 1 aromatic rings. The molecule has 1 rings (SSSR count). The van der Waals surface area contributed by atoms with Crippen molar-refractivity contribution >= 4 is 31.2 Å². The Labute approximate surface area is 114 Å². The summed E-state index contributed by atoms with van der Waals surface area (Å²) < 4.78 is 0. The molecular weight excluding hydrogens is 264 g/mol. The zero-order chi connectivity index (χ0) is 14.1. The summed E-state index contributed by atoms with van der Waals surface area (Å²) in [5, 5.41) is 9.62. The van der Waals surface area contributed by atoms with Gasteiger partial charge in [0.15, 0.2) is 0 Å². The first-order valence-corrected chi connectivity index (χ1v) is 9.92. The van der Waals surface area contributed by atoms with Crippen LogP contribution in [0.4, 0.5) is 0 Å². The molecule has 0 radical (unpaired) electrons. The molecule has 0 unspecified atom stereocenters. The summed E-state index contributed by atoms with van der Waals surface area (Å²) in [5.74, 6) is -0.990. The van der Waals surface area contributed by atoms with Gasteiger partial charge in [0.25, 0.3) is 0 Å². The van der Waals surface area contributed by atoms with E-state index in [4.69, 9.17) is 11.6 Å². The largest absolute Gasteiger partial charge is 0.478 e. The zero-order valence-corrected chi connectivity index (χ0v) is 13.1. The van der Waals surface area contributed by atoms with E-state index >= 15 is 0 Å². The quantitative estimate of drug-likeness (QED) is 0.813. The minimum absolute atomic E-state index is 0.180. The molecule has 4 heteroatoms. The number of carboxylic acids is 1. The number of hydrogen-bond acceptors (Lipinski definition) is 1. The predicted molar refractivity (Wildman–Crippen MR) is 80.3 cm³/mol. The molecule has 0 aliphatic heterocycles. The van der Waals surface area contributed by atoms with Gasteiger partial charge in [0.1, 0.15) is 0 Å². The summed E-state index contributed by atoms with van der Waals surface area (Å²) in [7, 11) is -1.33. The number of aryl methyl sites for hydroxylation is 1. The Kier molecular flexibility index (Phi) is 4.40. The van der Waals surface area contributed by atoms with E-state index in [1.54, 1.807) is 6.92 Å². The van der Waals surface area contributed by atoms with Crippen molar-refractivity contribution in [2.45, 2.75) is 32.6 Å². The molecule has 0 amide bonds. The second-order valence-electron chi connectivity index (χ2n) is 5.77. The minimum atomic E-state index is -1.33. The van der Waals surface area contributed by atoms with Gasteiger partial charge in [-0.25, -0.2) is 4.79 Å². The Morgan fingerprint density at radius 3 is 2.39 bits per heavy atom. The van der Waals surface area contributed by atoms with Crippen molar-refractivity contribution in [3.05, 3.63) is 40.4 Å². The standard InChI is InChI=1S/C14H19ClO2Si/c1-9-6-7-11(10(2)8-18(3,4)5)12(13(9)15)14(16)17/h6-7H,2,8H2,1,3-5H3,(H,16,17). The molecule has 0 bridgehead atoms. The lowest BCUT2D eigenvalue weighted by molar-refractivity contribution is 0.0696. The van der Waals surface area contributed by atoms with Crippen LogP contribution in [-0.2, 0) is 0 Å². The van der Waals surface area contributed by atoms with Gasteiger partial charge in [-0.3, -0.25) is 0 Å². The number of benzene rings is 1. The van der Waals surface area contributed by atoms with Gasteiger partial charge in [-0.15, -0.1) is 0 Å². The maximum Gasteiger partial charge on any atom is 0.337 e. The molecule has 0 fully saturated rings. The van der Waals surface area contributed by atoms with E-state index in [2.05, 4.69) is 26.2 Å². The fourth-order valence-corrected chi connectivity index (χ4v) is 3.64. The second-order valence-corrected chi connectivity index (χ2v) is 11.6. The van der Waals surface area contributed by atoms with Gasteiger partial charge in [-0.2, -0.15) is 0 Å². The Morgan fingerprint density at radius 2 is 1.94 bits per heavy atom. The lowest BCUT2D eigenvalue weighted by Crippen LogP contribution is -2.20. The SMILES string of the molecule is C=C(C[Si](C)(C)C)c1ccc(C)c(Cl)c1C(=O)O. The van der Waals surface area contributed by atoms with Crippen molar-refractivity contribution in [3.8, 4) is 0 Å². The van der Waals surface area contributed by atoms with Crippen LogP contribution in [0.15, 0.2) is 18.7 Å². The van der Waals surface area contributed by atoms with Crippen molar-refractivity contribution < 1.29 is 9.90 Å². The molecular formula is C14H19ClO2Si. The summed E-state index contributed by atoms with van der Waals surface area (Å²) >= 11 is 6.10. The van der Waals surface area contributed by atoms with Crippen molar-refractivity contribution in [2.75, 3.05) is 0 Å². The van der Waals surface area contributed by atoms with Crippen LogP contribution in [-0.4, -0.2) is 19.1 Å². The maximum atomic E-state index is 11.4. The smallest absolute Gasteiger partial charge is 0.337 e. The van der Waals surface area contributed by atoms with Gasteiger partial charge in [0, 0.05) is 8.07 Å². The van der Waals surface area contributed by atoms with Crippen LogP contribution in [0.5, 0.6) is 0 Å². The number of rotatable bonds is 4. The van der Waals surface area contributed by atoms with E-state index in [-0.39, 0.29) is 5.56 Å². The van der Waals surface area contributed by atoms with Gasteiger partial charge in [0.2, 0.25) is 0 Å². The average Bonchev–Trinajstić information content (AvgIpc) is 2.18. The number of halogens is 1.